The van der Waals surface area contributed by atoms with E-state index in [0.717, 1.165) is 16.2 Å². The van der Waals surface area contributed by atoms with Gasteiger partial charge < -0.3 is 15.0 Å². The lowest BCUT2D eigenvalue weighted by Gasteiger charge is -2.30. The molecule has 9 heteroatoms. The molecular formula is C18H24N3O4S2+. The maximum atomic E-state index is 12.5. The maximum absolute atomic E-state index is 12.5. The van der Waals surface area contributed by atoms with Gasteiger partial charge in [0, 0.05) is 12.1 Å². The van der Waals surface area contributed by atoms with Crippen molar-refractivity contribution in [2.24, 2.45) is 0 Å². The minimum atomic E-state index is -3.40. The summed E-state index contributed by atoms with van der Waals surface area (Å²) in [6, 6.07) is 10.9. The highest BCUT2D eigenvalue weighted by Crippen LogP contribution is 2.20. The molecule has 1 aromatic carbocycles. The topological polar surface area (TPSA) is 80.2 Å². The Kier molecular flexibility index (Phi) is 6.48. The number of sulfonamides is 1. The number of piperazine rings is 1. The number of methoxy groups -OCH3 is 1. The second kappa shape index (κ2) is 8.83. The Balaban J connectivity index is 1.47. The second-order valence-corrected chi connectivity index (χ2v) is 9.46. The summed E-state index contributed by atoms with van der Waals surface area (Å²) in [5.74, 6) is 0.697. The Morgan fingerprint density at radius 1 is 1.22 bits per heavy atom. The van der Waals surface area contributed by atoms with Gasteiger partial charge in [-0.1, -0.05) is 24.3 Å². The van der Waals surface area contributed by atoms with E-state index in [4.69, 9.17) is 4.74 Å². The lowest BCUT2D eigenvalue weighted by atomic mass is 10.2. The van der Waals surface area contributed by atoms with Gasteiger partial charge in [0.15, 0.2) is 6.54 Å². The van der Waals surface area contributed by atoms with Crippen molar-refractivity contribution in [3.63, 3.8) is 0 Å². The standard InChI is InChI=1S/C18H23N3O4S2/c1-25-16-6-3-2-5-15(16)13-19-17(22)14-20-8-10-21(11-9-20)27(23,24)18-7-4-12-26-18/h2-7,12H,8-11,13-14H2,1H3,(H,19,22)/p+1. The third-order valence-corrected chi connectivity index (χ3v) is 7.87. The molecule has 1 aromatic heterocycles. The first-order valence-electron chi connectivity index (χ1n) is 8.76. The van der Waals surface area contributed by atoms with E-state index in [0.29, 0.717) is 43.5 Å². The van der Waals surface area contributed by atoms with Crippen LogP contribution in [0.15, 0.2) is 46.0 Å². The molecule has 0 spiro atoms. The van der Waals surface area contributed by atoms with E-state index >= 15 is 0 Å². The van der Waals surface area contributed by atoms with Crippen molar-refractivity contribution < 1.29 is 22.8 Å². The molecule has 1 aliphatic heterocycles. The average molecular weight is 411 g/mol. The number of nitrogens with one attached hydrogen (secondary N) is 2. The third kappa shape index (κ3) is 4.86. The van der Waals surface area contributed by atoms with Crippen LogP contribution in [0.2, 0.25) is 0 Å². The van der Waals surface area contributed by atoms with Crippen molar-refractivity contribution in [3.8, 4) is 5.75 Å². The summed E-state index contributed by atoms with van der Waals surface area (Å²) in [4.78, 5) is 13.3. The van der Waals surface area contributed by atoms with Gasteiger partial charge in [0.2, 0.25) is 0 Å². The molecular weight excluding hydrogens is 386 g/mol. The Labute approximate surface area is 163 Å². The molecule has 0 aliphatic carbocycles. The molecule has 146 valence electrons. The smallest absolute Gasteiger partial charge is 0.275 e. The molecule has 2 aromatic rings. The molecule has 1 amide bonds. The highest BCUT2D eigenvalue weighted by atomic mass is 32.2. The number of hydrogen-bond acceptors (Lipinski definition) is 5. The van der Waals surface area contributed by atoms with Crippen molar-refractivity contribution in [3.05, 3.63) is 47.3 Å². The normalized spacial score (nSPS) is 16.2. The van der Waals surface area contributed by atoms with Crippen molar-refractivity contribution in [1.82, 2.24) is 9.62 Å². The monoisotopic (exact) mass is 410 g/mol. The summed E-state index contributed by atoms with van der Waals surface area (Å²) < 4.78 is 32.2. The zero-order chi connectivity index (χ0) is 19.3. The van der Waals surface area contributed by atoms with Gasteiger partial charge in [0.1, 0.15) is 9.96 Å². The molecule has 2 heterocycles. The number of amides is 1. The van der Waals surface area contributed by atoms with Gasteiger partial charge in [-0.25, -0.2) is 8.42 Å². The molecule has 1 fully saturated rings. The summed E-state index contributed by atoms with van der Waals surface area (Å²) in [6.07, 6.45) is 0. The first-order chi connectivity index (χ1) is 13.0. The molecule has 0 atom stereocenters. The van der Waals surface area contributed by atoms with E-state index in [9.17, 15) is 13.2 Å². The van der Waals surface area contributed by atoms with Crippen LogP contribution in [-0.2, 0) is 21.4 Å². The van der Waals surface area contributed by atoms with Crippen LogP contribution in [0.4, 0.5) is 0 Å². The number of ether oxygens (including phenoxy) is 1. The largest absolute Gasteiger partial charge is 0.496 e. The fourth-order valence-corrected chi connectivity index (χ4v) is 5.68. The minimum absolute atomic E-state index is 0.0505. The predicted molar refractivity (Wildman–Crippen MR) is 103 cm³/mol. The summed E-state index contributed by atoms with van der Waals surface area (Å²) in [5, 5.41) is 4.68. The van der Waals surface area contributed by atoms with E-state index < -0.39 is 10.0 Å². The van der Waals surface area contributed by atoms with Gasteiger partial charge in [-0.15, -0.1) is 11.3 Å². The van der Waals surface area contributed by atoms with Crippen molar-refractivity contribution in [2.75, 3.05) is 39.8 Å². The second-order valence-electron chi connectivity index (χ2n) is 6.35. The van der Waals surface area contributed by atoms with Crippen LogP contribution in [-0.4, -0.2) is 58.5 Å². The van der Waals surface area contributed by atoms with Crippen molar-refractivity contribution >= 4 is 27.3 Å². The Bertz CT molecular complexity index is 860. The molecule has 3 rings (SSSR count). The molecule has 7 nitrogen and oxygen atoms in total. The molecule has 0 unspecified atom stereocenters. The van der Waals surface area contributed by atoms with Crippen molar-refractivity contribution in [1.29, 1.82) is 0 Å². The van der Waals surface area contributed by atoms with Crippen LogP contribution in [0.25, 0.3) is 0 Å². The zero-order valence-electron chi connectivity index (χ0n) is 15.2. The molecule has 0 radical (unpaired) electrons. The molecule has 27 heavy (non-hydrogen) atoms. The Morgan fingerprint density at radius 2 is 1.96 bits per heavy atom. The highest BCUT2D eigenvalue weighted by molar-refractivity contribution is 7.91. The number of quaternary nitrogens is 1. The van der Waals surface area contributed by atoms with E-state index in [1.165, 1.54) is 15.6 Å². The fourth-order valence-electron chi connectivity index (χ4n) is 3.09. The van der Waals surface area contributed by atoms with Crippen LogP contribution < -0.4 is 15.0 Å². The van der Waals surface area contributed by atoms with Crippen molar-refractivity contribution in [2.45, 2.75) is 10.8 Å². The Morgan fingerprint density at radius 3 is 2.63 bits per heavy atom. The summed E-state index contributed by atoms with van der Waals surface area (Å²) in [5.41, 5.74) is 0.926. The molecule has 0 bridgehead atoms. The van der Waals surface area contributed by atoms with Gasteiger partial charge in [-0.2, -0.15) is 4.31 Å². The number of carbonyl (C=O) groups is 1. The van der Waals surface area contributed by atoms with Gasteiger partial charge >= 0.3 is 0 Å². The third-order valence-electron chi connectivity index (χ3n) is 4.60. The predicted octanol–water partition coefficient (Wildman–Crippen LogP) is -0.0377. The molecule has 1 saturated heterocycles. The van der Waals surface area contributed by atoms with Crippen LogP contribution in [0.1, 0.15) is 5.56 Å². The number of thiophene rings is 1. The van der Waals surface area contributed by atoms with Gasteiger partial charge in [0.25, 0.3) is 15.9 Å². The number of nitrogens with zero attached hydrogens (tertiary/aromatic N) is 1. The number of benzene rings is 1. The number of rotatable bonds is 7. The van der Waals surface area contributed by atoms with Gasteiger partial charge in [-0.05, 0) is 17.5 Å². The van der Waals surface area contributed by atoms with Crippen LogP contribution in [0.3, 0.4) is 0 Å². The van der Waals surface area contributed by atoms with Gasteiger partial charge in [0.05, 0.1) is 33.3 Å². The summed E-state index contributed by atoms with van der Waals surface area (Å²) >= 11 is 1.23. The van der Waals surface area contributed by atoms with Crippen LogP contribution >= 0.6 is 11.3 Å². The van der Waals surface area contributed by atoms with E-state index in [-0.39, 0.29) is 5.91 Å². The summed E-state index contributed by atoms with van der Waals surface area (Å²) in [7, 11) is -1.79. The van der Waals surface area contributed by atoms with Crippen LogP contribution in [0.5, 0.6) is 5.75 Å². The minimum Gasteiger partial charge on any atom is -0.496 e. The first-order valence-corrected chi connectivity index (χ1v) is 11.1. The number of para-hydroxylation sites is 1. The van der Waals surface area contributed by atoms with E-state index in [1.54, 1.807) is 24.6 Å². The van der Waals surface area contributed by atoms with E-state index in [2.05, 4.69) is 5.32 Å². The summed E-state index contributed by atoms with van der Waals surface area (Å²) in [6.45, 7) is 2.83. The zero-order valence-corrected chi connectivity index (χ0v) is 16.8. The molecule has 1 aliphatic rings. The lowest BCUT2D eigenvalue weighted by Crippen LogP contribution is -3.15. The molecule has 2 N–H and O–H groups in total. The SMILES string of the molecule is COc1ccccc1CNC(=O)C[NH+]1CCN(S(=O)(=O)c2cccs2)CC1. The quantitative estimate of drug-likeness (QED) is 0.672. The first kappa shape index (κ1) is 19.8. The maximum Gasteiger partial charge on any atom is 0.275 e. The highest BCUT2D eigenvalue weighted by Gasteiger charge is 2.31. The van der Waals surface area contributed by atoms with Crippen LogP contribution in [0, 0.1) is 0 Å². The fraction of sp³-hybridized carbons (Fsp3) is 0.389. The van der Waals surface area contributed by atoms with E-state index in [1.807, 2.05) is 24.3 Å². The lowest BCUT2D eigenvalue weighted by molar-refractivity contribution is -0.895. The average Bonchev–Trinajstić information content (AvgIpc) is 3.23. The van der Waals surface area contributed by atoms with Gasteiger partial charge in [-0.3, -0.25) is 4.79 Å². The number of carbonyl (C=O) groups excluding carboxylic acids is 1. The number of hydrogen-bond donors (Lipinski definition) is 2. The Hall–Kier alpha value is -1.94. The molecule has 0 saturated carbocycles.